The summed E-state index contributed by atoms with van der Waals surface area (Å²) in [5.74, 6) is -0.670. The minimum absolute atomic E-state index is 0.113. The van der Waals surface area contributed by atoms with Crippen molar-refractivity contribution in [2.75, 3.05) is 7.11 Å². The molecule has 110 valence electrons. The first-order valence-electron chi connectivity index (χ1n) is 6.80. The van der Waals surface area contributed by atoms with E-state index in [4.69, 9.17) is 21.1 Å². The lowest BCUT2D eigenvalue weighted by molar-refractivity contribution is -0.138. The Morgan fingerprint density at radius 2 is 2.05 bits per heavy atom. The summed E-state index contributed by atoms with van der Waals surface area (Å²) in [6.07, 6.45) is 4.35. The predicted octanol–water partition coefficient (Wildman–Crippen LogP) is 3.86. The highest BCUT2D eigenvalue weighted by molar-refractivity contribution is 6.32. The monoisotopic (exact) mass is 298 g/mol. The van der Waals surface area contributed by atoms with Crippen molar-refractivity contribution in [3.63, 3.8) is 0 Å². The fourth-order valence-corrected chi connectivity index (χ4v) is 2.85. The van der Waals surface area contributed by atoms with Crippen LogP contribution in [0.5, 0.6) is 11.5 Å². The number of aliphatic carboxylic acids is 1. The third-order valence-electron chi connectivity index (χ3n) is 3.72. The largest absolute Gasteiger partial charge is 0.493 e. The van der Waals surface area contributed by atoms with Crippen LogP contribution in [-0.4, -0.2) is 24.3 Å². The number of carbonyl (C=O) groups is 1. The molecule has 0 spiro atoms. The molecule has 0 aromatic heterocycles. The molecule has 0 bridgehead atoms. The Labute approximate surface area is 123 Å². The van der Waals surface area contributed by atoms with Crippen molar-refractivity contribution in [2.45, 2.75) is 44.6 Å². The fraction of sp³-hybridized carbons (Fsp3) is 0.533. The van der Waals surface area contributed by atoms with Crippen molar-refractivity contribution in [3.05, 3.63) is 22.7 Å². The molecule has 2 rings (SSSR count). The van der Waals surface area contributed by atoms with Crippen LogP contribution in [0.4, 0.5) is 0 Å². The topological polar surface area (TPSA) is 55.8 Å². The highest BCUT2D eigenvalue weighted by Crippen LogP contribution is 2.42. The van der Waals surface area contributed by atoms with Gasteiger partial charge in [-0.15, -0.1) is 0 Å². The van der Waals surface area contributed by atoms with Crippen LogP contribution in [0.1, 0.15) is 44.1 Å². The smallest absolute Gasteiger partial charge is 0.310 e. The van der Waals surface area contributed by atoms with Crippen LogP contribution >= 0.6 is 11.6 Å². The SMILES string of the molecule is COc1ccc(Cl)c(C(C)C(=O)O)c1OC1CCCC1. The van der Waals surface area contributed by atoms with Crippen molar-refractivity contribution >= 4 is 17.6 Å². The maximum atomic E-state index is 11.3. The van der Waals surface area contributed by atoms with E-state index in [0.717, 1.165) is 25.7 Å². The second kappa shape index (κ2) is 6.35. The van der Waals surface area contributed by atoms with Crippen molar-refractivity contribution in [1.82, 2.24) is 0 Å². The van der Waals surface area contributed by atoms with Gasteiger partial charge in [-0.2, -0.15) is 0 Å². The van der Waals surface area contributed by atoms with E-state index in [9.17, 15) is 9.90 Å². The van der Waals surface area contributed by atoms with Gasteiger partial charge in [0.25, 0.3) is 0 Å². The van der Waals surface area contributed by atoms with Crippen molar-refractivity contribution in [3.8, 4) is 11.5 Å². The molecule has 1 aliphatic rings. The van der Waals surface area contributed by atoms with Gasteiger partial charge in [0.05, 0.1) is 19.1 Å². The molecule has 1 atom stereocenters. The summed E-state index contributed by atoms with van der Waals surface area (Å²) in [4.78, 5) is 11.3. The molecule has 4 nitrogen and oxygen atoms in total. The zero-order chi connectivity index (χ0) is 14.7. The van der Waals surface area contributed by atoms with E-state index in [-0.39, 0.29) is 6.10 Å². The van der Waals surface area contributed by atoms with Gasteiger partial charge in [-0.25, -0.2) is 0 Å². The number of hydrogen-bond donors (Lipinski definition) is 1. The molecule has 1 aromatic carbocycles. The summed E-state index contributed by atoms with van der Waals surface area (Å²) in [5.41, 5.74) is 0.491. The lowest BCUT2D eigenvalue weighted by atomic mass is 9.99. The van der Waals surface area contributed by atoms with E-state index in [1.165, 1.54) is 0 Å². The fourth-order valence-electron chi connectivity index (χ4n) is 2.54. The van der Waals surface area contributed by atoms with E-state index in [1.807, 2.05) is 0 Å². The van der Waals surface area contributed by atoms with Crippen LogP contribution in [0.3, 0.4) is 0 Å². The molecule has 0 heterocycles. The van der Waals surface area contributed by atoms with Crippen LogP contribution in [0, 0.1) is 0 Å². The summed E-state index contributed by atoms with van der Waals surface area (Å²) in [7, 11) is 1.54. The highest BCUT2D eigenvalue weighted by Gasteiger charge is 2.27. The molecule has 1 aromatic rings. The zero-order valence-corrected chi connectivity index (χ0v) is 12.4. The summed E-state index contributed by atoms with van der Waals surface area (Å²) in [6.45, 7) is 1.60. The van der Waals surface area contributed by atoms with Gasteiger partial charge < -0.3 is 14.6 Å². The van der Waals surface area contributed by atoms with Gasteiger partial charge in [0.1, 0.15) is 0 Å². The van der Waals surface area contributed by atoms with Crippen LogP contribution in [-0.2, 0) is 4.79 Å². The average Bonchev–Trinajstić information content (AvgIpc) is 2.91. The summed E-state index contributed by atoms with van der Waals surface area (Å²) in [5, 5.41) is 9.65. The molecule has 1 fully saturated rings. The number of ether oxygens (including phenoxy) is 2. The molecular formula is C15H19ClO4. The molecule has 5 heteroatoms. The Bertz CT molecular complexity index is 495. The summed E-state index contributed by atoms with van der Waals surface area (Å²) >= 11 is 6.18. The van der Waals surface area contributed by atoms with Gasteiger partial charge in [0, 0.05) is 10.6 Å². The Morgan fingerprint density at radius 3 is 2.60 bits per heavy atom. The van der Waals surface area contributed by atoms with E-state index < -0.39 is 11.9 Å². The van der Waals surface area contributed by atoms with Crippen molar-refractivity contribution in [1.29, 1.82) is 0 Å². The molecule has 0 saturated heterocycles. The van der Waals surface area contributed by atoms with E-state index >= 15 is 0 Å². The number of hydrogen-bond acceptors (Lipinski definition) is 3. The zero-order valence-electron chi connectivity index (χ0n) is 11.7. The number of halogens is 1. The lowest BCUT2D eigenvalue weighted by Crippen LogP contribution is -2.16. The predicted molar refractivity (Wildman–Crippen MR) is 76.9 cm³/mol. The minimum Gasteiger partial charge on any atom is -0.493 e. The first-order valence-corrected chi connectivity index (χ1v) is 7.18. The van der Waals surface area contributed by atoms with E-state index in [1.54, 1.807) is 26.2 Å². The number of rotatable bonds is 5. The second-order valence-corrected chi connectivity index (χ2v) is 5.48. The Hall–Kier alpha value is -1.42. The summed E-state index contributed by atoms with van der Waals surface area (Å²) in [6, 6.07) is 3.36. The maximum absolute atomic E-state index is 11.3. The molecule has 1 saturated carbocycles. The third-order valence-corrected chi connectivity index (χ3v) is 4.05. The van der Waals surface area contributed by atoms with E-state index in [2.05, 4.69) is 0 Å². The van der Waals surface area contributed by atoms with Crippen LogP contribution in [0.25, 0.3) is 0 Å². The Kier molecular flexibility index (Phi) is 4.76. The van der Waals surface area contributed by atoms with Crippen molar-refractivity contribution < 1.29 is 19.4 Å². The van der Waals surface area contributed by atoms with Crippen molar-refractivity contribution in [2.24, 2.45) is 0 Å². The van der Waals surface area contributed by atoms with Crippen LogP contribution in [0.2, 0.25) is 5.02 Å². The molecule has 1 aliphatic carbocycles. The number of benzene rings is 1. The van der Waals surface area contributed by atoms with E-state index in [0.29, 0.717) is 22.1 Å². The molecule has 0 amide bonds. The Balaban J connectivity index is 2.43. The van der Waals surface area contributed by atoms with Crippen LogP contribution < -0.4 is 9.47 Å². The first-order chi connectivity index (χ1) is 9.54. The van der Waals surface area contributed by atoms with Gasteiger partial charge in [0.15, 0.2) is 11.5 Å². The van der Waals surface area contributed by atoms with Crippen LogP contribution in [0.15, 0.2) is 12.1 Å². The first kappa shape index (κ1) is 15.0. The average molecular weight is 299 g/mol. The molecule has 20 heavy (non-hydrogen) atoms. The number of methoxy groups -OCH3 is 1. The lowest BCUT2D eigenvalue weighted by Gasteiger charge is -2.21. The molecule has 0 aliphatic heterocycles. The Morgan fingerprint density at radius 1 is 1.40 bits per heavy atom. The highest BCUT2D eigenvalue weighted by atomic mass is 35.5. The minimum atomic E-state index is -0.934. The standard InChI is InChI=1S/C15H19ClO4/c1-9(15(17)18)13-11(16)7-8-12(19-2)14(13)20-10-5-3-4-6-10/h7-10H,3-6H2,1-2H3,(H,17,18). The number of carboxylic acids is 1. The molecule has 1 unspecified atom stereocenters. The molecular weight excluding hydrogens is 280 g/mol. The summed E-state index contributed by atoms with van der Waals surface area (Å²) < 4.78 is 11.3. The third kappa shape index (κ3) is 3.01. The molecule has 0 radical (unpaired) electrons. The molecule has 1 N–H and O–H groups in total. The van der Waals surface area contributed by atoms with Gasteiger partial charge in [-0.05, 0) is 44.7 Å². The maximum Gasteiger partial charge on any atom is 0.310 e. The number of carboxylic acid groups (broad SMARTS) is 1. The normalized spacial score (nSPS) is 16.9. The van der Waals surface area contributed by atoms with Gasteiger partial charge in [-0.3, -0.25) is 4.79 Å². The quantitative estimate of drug-likeness (QED) is 0.897. The van der Waals surface area contributed by atoms with Gasteiger partial charge in [-0.1, -0.05) is 11.6 Å². The van der Waals surface area contributed by atoms with Gasteiger partial charge >= 0.3 is 5.97 Å². The van der Waals surface area contributed by atoms with Gasteiger partial charge in [0.2, 0.25) is 0 Å². The second-order valence-electron chi connectivity index (χ2n) is 5.08.